The number of hydrogen-bond acceptors (Lipinski definition) is 1. The van der Waals surface area contributed by atoms with E-state index >= 15 is 0 Å². The van der Waals surface area contributed by atoms with Crippen LogP contribution in [0.15, 0.2) is 61.3 Å². The summed E-state index contributed by atoms with van der Waals surface area (Å²) < 4.78 is 0. The summed E-state index contributed by atoms with van der Waals surface area (Å²) in [5.74, 6) is 0. The van der Waals surface area contributed by atoms with Gasteiger partial charge in [0.2, 0.25) is 0 Å². The summed E-state index contributed by atoms with van der Waals surface area (Å²) in [7, 11) is 0. The molecule has 2 heteroatoms. The van der Waals surface area contributed by atoms with Crippen LogP contribution in [-0.2, 0) is 6.54 Å². The molecule has 0 atom stereocenters. The molecule has 19 heavy (non-hydrogen) atoms. The molecule has 0 saturated heterocycles. The molecule has 0 unspecified atom stereocenters. The van der Waals surface area contributed by atoms with Crippen molar-refractivity contribution in [3.05, 3.63) is 72.4 Å². The lowest BCUT2D eigenvalue weighted by atomic mass is 10.0. The summed E-state index contributed by atoms with van der Waals surface area (Å²) in [5, 5.41) is 7.24. The van der Waals surface area contributed by atoms with Crippen molar-refractivity contribution in [3.63, 3.8) is 0 Å². The Morgan fingerprint density at radius 1 is 1.00 bits per heavy atom. The molecule has 0 heterocycles. The van der Waals surface area contributed by atoms with Crippen molar-refractivity contribution in [2.75, 3.05) is 0 Å². The van der Waals surface area contributed by atoms with Crippen molar-refractivity contribution in [2.45, 2.75) is 13.5 Å². The smallest absolute Gasteiger partial charge is 0.0860 e. The van der Waals surface area contributed by atoms with Gasteiger partial charge in [0.1, 0.15) is 0 Å². The molecule has 0 fully saturated rings. The van der Waals surface area contributed by atoms with Crippen LogP contribution < -0.4 is 0 Å². The second-order valence-electron chi connectivity index (χ2n) is 4.55. The van der Waals surface area contributed by atoms with Crippen LogP contribution in [0.25, 0.3) is 11.1 Å². The first-order valence-electron chi connectivity index (χ1n) is 6.28. The van der Waals surface area contributed by atoms with Crippen LogP contribution in [0.1, 0.15) is 11.1 Å². The van der Waals surface area contributed by atoms with Gasteiger partial charge >= 0.3 is 0 Å². The van der Waals surface area contributed by atoms with E-state index in [2.05, 4.69) is 62.0 Å². The number of aryl methyl sites for hydroxylation is 1. The SMILES string of the molecule is C=CN(C=N)Cc1ccc(-c2ccc(C)cc2)cc1. The van der Waals surface area contributed by atoms with Crippen LogP contribution in [0.4, 0.5) is 0 Å². The minimum Gasteiger partial charge on any atom is -0.336 e. The monoisotopic (exact) mass is 250 g/mol. The molecule has 0 aliphatic carbocycles. The zero-order chi connectivity index (χ0) is 13.7. The molecule has 0 saturated carbocycles. The normalized spacial score (nSPS) is 9.95. The van der Waals surface area contributed by atoms with E-state index in [9.17, 15) is 0 Å². The number of benzene rings is 2. The predicted molar refractivity (Wildman–Crippen MR) is 81.1 cm³/mol. The Balaban J connectivity index is 2.16. The van der Waals surface area contributed by atoms with E-state index in [4.69, 9.17) is 5.41 Å². The van der Waals surface area contributed by atoms with E-state index in [-0.39, 0.29) is 0 Å². The van der Waals surface area contributed by atoms with Crippen molar-refractivity contribution in [1.82, 2.24) is 4.90 Å². The first-order valence-corrected chi connectivity index (χ1v) is 6.28. The minimum absolute atomic E-state index is 0.682. The van der Waals surface area contributed by atoms with Gasteiger partial charge in [-0.05, 0) is 29.8 Å². The lowest BCUT2D eigenvalue weighted by Gasteiger charge is -2.13. The van der Waals surface area contributed by atoms with Crippen molar-refractivity contribution < 1.29 is 0 Å². The zero-order valence-electron chi connectivity index (χ0n) is 11.1. The summed E-state index contributed by atoms with van der Waals surface area (Å²) >= 11 is 0. The average molecular weight is 250 g/mol. The fourth-order valence-corrected chi connectivity index (χ4v) is 1.92. The van der Waals surface area contributed by atoms with Gasteiger partial charge in [-0.2, -0.15) is 0 Å². The van der Waals surface area contributed by atoms with Crippen molar-refractivity contribution in [2.24, 2.45) is 0 Å². The number of nitrogens with one attached hydrogen (secondary N) is 1. The third-order valence-corrected chi connectivity index (χ3v) is 3.10. The van der Waals surface area contributed by atoms with E-state index in [0.717, 1.165) is 0 Å². The second-order valence-corrected chi connectivity index (χ2v) is 4.55. The Labute approximate surface area is 114 Å². The lowest BCUT2D eigenvalue weighted by Crippen LogP contribution is -2.12. The summed E-state index contributed by atoms with van der Waals surface area (Å²) in [5.41, 5.74) is 4.88. The number of rotatable bonds is 5. The molecule has 0 aromatic heterocycles. The van der Waals surface area contributed by atoms with Gasteiger partial charge in [-0.15, -0.1) is 0 Å². The highest BCUT2D eigenvalue weighted by atomic mass is 15.1. The topological polar surface area (TPSA) is 27.1 Å². The maximum absolute atomic E-state index is 7.24. The van der Waals surface area contributed by atoms with E-state index in [1.54, 1.807) is 11.1 Å². The highest BCUT2D eigenvalue weighted by Gasteiger charge is 2.00. The molecule has 2 aromatic carbocycles. The molecule has 2 aromatic rings. The lowest BCUT2D eigenvalue weighted by molar-refractivity contribution is 0.567. The summed E-state index contributed by atoms with van der Waals surface area (Å²) in [6, 6.07) is 16.9. The molecule has 0 radical (unpaired) electrons. The first-order chi connectivity index (χ1) is 9.22. The Morgan fingerprint density at radius 2 is 1.53 bits per heavy atom. The van der Waals surface area contributed by atoms with Gasteiger partial charge in [-0.1, -0.05) is 60.7 Å². The Bertz CT molecular complexity index is 545. The van der Waals surface area contributed by atoms with Gasteiger partial charge in [0.05, 0.1) is 6.34 Å². The van der Waals surface area contributed by atoms with Gasteiger partial charge < -0.3 is 4.90 Å². The highest BCUT2D eigenvalue weighted by Crippen LogP contribution is 2.20. The van der Waals surface area contributed by atoms with Gasteiger partial charge in [0, 0.05) is 6.54 Å². The minimum atomic E-state index is 0.682. The van der Waals surface area contributed by atoms with Crippen LogP contribution >= 0.6 is 0 Å². The number of nitrogens with zero attached hydrogens (tertiary/aromatic N) is 1. The maximum Gasteiger partial charge on any atom is 0.0860 e. The third kappa shape index (κ3) is 3.32. The Morgan fingerprint density at radius 3 is 2.00 bits per heavy atom. The number of hydrogen-bond donors (Lipinski definition) is 1. The molecule has 2 rings (SSSR count). The fourth-order valence-electron chi connectivity index (χ4n) is 1.92. The van der Waals surface area contributed by atoms with Gasteiger partial charge in [-0.25, -0.2) is 0 Å². The fraction of sp³-hybridized carbons (Fsp3) is 0.118. The first kappa shape index (κ1) is 13.1. The molecule has 1 N–H and O–H groups in total. The predicted octanol–water partition coefficient (Wildman–Crippen LogP) is 4.21. The molecule has 0 bridgehead atoms. The van der Waals surface area contributed by atoms with Crippen molar-refractivity contribution >= 4 is 6.34 Å². The van der Waals surface area contributed by atoms with Crippen LogP contribution in [-0.4, -0.2) is 11.2 Å². The Hall–Kier alpha value is -2.35. The van der Waals surface area contributed by atoms with Crippen LogP contribution in [0.2, 0.25) is 0 Å². The van der Waals surface area contributed by atoms with Crippen LogP contribution in [0, 0.1) is 12.3 Å². The Kier molecular flexibility index (Phi) is 4.14. The highest BCUT2D eigenvalue weighted by molar-refractivity contribution is 5.64. The third-order valence-electron chi connectivity index (χ3n) is 3.10. The van der Waals surface area contributed by atoms with Crippen molar-refractivity contribution in [1.29, 1.82) is 5.41 Å². The standard InChI is InChI=1S/C17H18N2/c1-3-19(13-18)12-15-6-10-17(11-7-15)16-8-4-14(2)5-9-16/h3-11,13,18H,1,12H2,2H3. The molecule has 0 aliphatic rings. The molecule has 0 amide bonds. The van der Waals surface area contributed by atoms with E-state index in [0.29, 0.717) is 6.54 Å². The molecule has 2 nitrogen and oxygen atoms in total. The molecule has 96 valence electrons. The zero-order valence-corrected chi connectivity index (χ0v) is 11.1. The van der Waals surface area contributed by atoms with Gasteiger partial charge in [0.15, 0.2) is 0 Å². The molecule has 0 aliphatic heterocycles. The van der Waals surface area contributed by atoms with E-state index in [1.165, 1.54) is 28.6 Å². The molecular weight excluding hydrogens is 232 g/mol. The second kappa shape index (κ2) is 6.01. The van der Waals surface area contributed by atoms with E-state index < -0.39 is 0 Å². The summed E-state index contributed by atoms with van der Waals surface area (Å²) in [4.78, 5) is 1.74. The largest absolute Gasteiger partial charge is 0.336 e. The van der Waals surface area contributed by atoms with Crippen molar-refractivity contribution in [3.8, 4) is 11.1 Å². The van der Waals surface area contributed by atoms with Crippen LogP contribution in [0.5, 0.6) is 0 Å². The van der Waals surface area contributed by atoms with Crippen LogP contribution in [0.3, 0.4) is 0 Å². The summed E-state index contributed by atoms with van der Waals surface area (Å²) in [6.45, 7) is 6.45. The van der Waals surface area contributed by atoms with E-state index in [1.807, 2.05) is 0 Å². The summed E-state index contributed by atoms with van der Waals surface area (Å²) in [6.07, 6.45) is 2.93. The quantitative estimate of drug-likeness (QED) is 0.624. The average Bonchev–Trinajstić information content (AvgIpc) is 2.46. The molecular formula is C17H18N2. The van der Waals surface area contributed by atoms with Gasteiger partial charge in [0.25, 0.3) is 0 Å². The molecule has 0 spiro atoms. The maximum atomic E-state index is 7.24. The van der Waals surface area contributed by atoms with Gasteiger partial charge in [-0.3, -0.25) is 5.41 Å².